The van der Waals surface area contributed by atoms with Gasteiger partial charge >= 0.3 is 6.18 Å². The van der Waals surface area contributed by atoms with Gasteiger partial charge in [-0.05, 0) is 58.0 Å². The normalized spacial score (nSPS) is 19.4. The molecule has 2 heterocycles. The molecule has 29 heavy (non-hydrogen) atoms. The van der Waals surface area contributed by atoms with E-state index in [-0.39, 0.29) is 29.9 Å². The van der Waals surface area contributed by atoms with Crippen molar-refractivity contribution in [2.24, 2.45) is 10.9 Å². The summed E-state index contributed by atoms with van der Waals surface area (Å²) in [4.78, 5) is 19.6. The molecular formula is C19H35F3IN5O. The van der Waals surface area contributed by atoms with Crippen LogP contribution >= 0.6 is 24.0 Å². The highest BCUT2D eigenvalue weighted by Gasteiger charge is 2.32. The molecule has 0 spiro atoms. The number of aliphatic imine (C=N–C) groups is 1. The van der Waals surface area contributed by atoms with Crippen molar-refractivity contribution >= 4 is 35.8 Å². The molecule has 10 heteroatoms. The molecule has 2 rings (SSSR count). The Morgan fingerprint density at radius 3 is 2.52 bits per heavy atom. The van der Waals surface area contributed by atoms with Crippen molar-refractivity contribution in [3.63, 3.8) is 0 Å². The average Bonchev–Trinajstić information content (AvgIpc) is 3.04. The van der Waals surface area contributed by atoms with Gasteiger partial charge in [0.05, 0.1) is 6.54 Å². The second-order valence-electron chi connectivity index (χ2n) is 7.65. The first-order valence-corrected chi connectivity index (χ1v) is 10.5. The third kappa shape index (κ3) is 10.7. The minimum Gasteiger partial charge on any atom is -0.357 e. The quantitative estimate of drug-likeness (QED) is 0.207. The van der Waals surface area contributed by atoms with E-state index in [0.29, 0.717) is 32.0 Å². The van der Waals surface area contributed by atoms with Gasteiger partial charge < -0.3 is 15.5 Å². The topological polar surface area (TPSA) is 60.0 Å². The Bertz CT molecular complexity index is 511. The van der Waals surface area contributed by atoms with Gasteiger partial charge in [0.1, 0.15) is 0 Å². The van der Waals surface area contributed by atoms with Gasteiger partial charge in [-0.2, -0.15) is 13.2 Å². The molecule has 0 aliphatic carbocycles. The lowest BCUT2D eigenvalue weighted by atomic mass is 9.93. The summed E-state index contributed by atoms with van der Waals surface area (Å²) in [5, 5.41) is 6.53. The van der Waals surface area contributed by atoms with E-state index in [0.717, 1.165) is 64.2 Å². The molecule has 0 atom stereocenters. The predicted molar refractivity (Wildman–Crippen MR) is 120 cm³/mol. The number of guanidine groups is 1. The summed E-state index contributed by atoms with van der Waals surface area (Å²) in [7, 11) is 0. The van der Waals surface area contributed by atoms with Crippen LogP contribution in [0.25, 0.3) is 0 Å². The first kappa shape index (κ1) is 26.3. The smallest absolute Gasteiger partial charge is 0.357 e. The lowest BCUT2D eigenvalue weighted by Crippen LogP contribution is -2.41. The molecule has 0 unspecified atom stereocenters. The van der Waals surface area contributed by atoms with Gasteiger partial charge in [-0.3, -0.25) is 14.7 Å². The summed E-state index contributed by atoms with van der Waals surface area (Å²) in [5.41, 5.74) is 0. The van der Waals surface area contributed by atoms with Gasteiger partial charge in [-0.25, -0.2) is 0 Å². The van der Waals surface area contributed by atoms with Crippen molar-refractivity contribution in [3.8, 4) is 0 Å². The van der Waals surface area contributed by atoms with Gasteiger partial charge in [0.2, 0.25) is 5.91 Å². The highest BCUT2D eigenvalue weighted by molar-refractivity contribution is 14.0. The summed E-state index contributed by atoms with van der Waals surface area (Å²) in [6, 6.07) is 0. The maximum absolute atomic E-state index is 12.4. The zero-order valence-corrected chi connectivity index (χ0v) is 19.6. The molecule has 2 aliphatic heterocycles. The van der Waals surface area contributed by atoms with Gasteiger partial charge in [-0.15, -0.1) is 24.0 Å². The molecule has 1 amide bonds. The number of likely N-dealkylation sites (tertiary alicyclic amines) is 2. The number of amides is 1. The molecule has 170 valence electrons. The van der Waals surface area contributed by atoms with E-state index < -0.39 is 12.7 Å². The highest BCUT2D eigenvalue weighted by Crippen LogP contribution is 2.23. The number of piperidine rings is 1. The number of nitrogens with one attached hydrogen (secondary N) is 2. The maximum Gasteiger partial charge on any atom is 0.401 e. The van der Waals surface area contributed by atoms with Crippen molar-refractivity contribution in [2.75, 3.05) is 52.4 Å². The zero-order chi connectivity index (χ0) is 20.4. The first-order valence-electron chi connectivity index (χ1n) is 10.5. The molecule has 0 saturated carbocycles. The third-order valence-electron chi connectivity index (χ3n) is 5.33. The Morgan fingerprint density at radius 1 is 1.21 bits per heavy atom. The van der Waals surface area contributed by atoms with E-state index in [1.54, 1.807) is 0 Å². The molecule has 0 radical (unpaired) electrons. The molecule has 2 aliphatic rings. The Balaban J connectivity index is 0.00000420. The van der Waals surface area contributed by atoms with E-state index in [1.165, 1.54) is 4.90 Å². The van der Waals surface area contributed by atoms with Gasteiger partial charge in [0, 0.05) is 39.1 Å². The Kier molecular flexibility index (Phi) is 12.2. The number of carbonyl (C=O) groups is 1. The molecule has 6 nitrogen and oxygen atoms in total. The van der Waals surface area contributed by atoms with Crippen LogP contribution in [-0.2, 0) is 4.79 Å². The minimum absolute atomic E-state index is 0. The van der Waals surface area contributed by atoms with E-state index >= 15 is 0 Å². The molecular weight excluding hydrogens is 498 g/mol. The SMILES string of the molecule is CCNC(=NCCCN1CCCC1=O)NCCC1CCN(CC(F)(F)F)CC1.I. The fraction of sp³-hybridized carbons (Fsp3) is 0.895. The molecule has 0 bridgehead atoms. The van der Waals surface area contributed by atoms with Crippen molar-refractivity contribution in [3.05, 3.63) is 0 Å². The first-order chi connectivity index (χ1) is 13.4. The number of alkyl halides is 3. The molecule has 0 aromatic heterocycles. The predicted octanol–water partition coefficient (Wildman–Crippen LogP) is 2.84. The summed E-state index contributed by atoms with van der Waals surface area (Å²) >= 11 is 0. The number of hydrogen-bond acceptors (Lipinski definition) is 3. The molecule has 2 saturated heterocycles. The Hall–Kier alpha value is -0.780. The van der Waals surface area contributed by atoms with Crippen LogP contribution in [0.4, 0.5) is 13.2 Å². The van der Waals surface area contributed by atoms with E-state index in [2.05, 4.69) is 15.6 Å². The second-order valence-corrected chi connectivity index (χ2v) is 7.65. The monoisotopic (exact) mass is 533 g/mol. The van der Waals surface area contributed by atoms with Crippen molar-refractivity contribution in [1.82, 2.24) is 20.4 Å². The highest BCUT2D eigenvalue weighted by atomic mass is 127. The number of rotatable bonds is 9. The minimum atomic E-state index is -4.10. The zero-order valence-electron chi connectivity index (χ0n) is 17.3. The van der Waals surface area contributed by atoms with Crippen molar-refractivity contribution in [1.29, 1.82) is 0 Å². The number of carbonyl (C=O) groups excluding carboxylic acids is 1. The maximum atomic E-state index is 12.4. The van der Waals surface area contributed by atoms with E-state index in [9.17, 15) is 18.0 Å². The largest absolute Gasteiger partial charge is 0.401 e. The van der Waals surface area contributed by atoms with Gasteiger partial charge in [-0.1, -0.05) is 0 Å². The van der Waals surface area contributed by atoms with Crippen molar-refractivity contribution in [2.45, 2.75) is 51.6 Å². The van der Waals surface area contributed by atoms with Crippen LogP contribution in [0.2, 0.25) is 0 Å². The fourth-order valence-electron chi connectivity index (χ4n) is 3.82. The molecule has 0 aromatic rings. The van der Waals surface area contributed by atoms with Crippen LogP contribution in [0.15, 0.2) is 4.99 Å². The Labute approximate surface area is 189 Å². The number of hydrogen-bond donors (Lipinski definition) is 2. The van der Waals surface area contributed by atoms with Gasteiger partial charge in [0.15, 0.2) is 5.96 Å². The van der Waals surface area contributed by atoms with E-state index in [4.69, 9.17) is 0 Å². The number of nitrogens with zero attached hydrogens (tertiary/aromatic N) is 3. The summed E-state index contributed by atoms with van der Waals surface area (Å²) in [6.45, 7) is 6.08. The summed E-state index contributed by atoms with van der Waals surface area (Å²) in [6.07, 6.45) is 0.939. The van der Waals surface area contributed by atoms with Crippen LogP contribution in [0.3, 0.4) is 0 Å². The third-order valence-corrected chi connectivity index (χ3v) is 5.33. The second kappa shape index (κ2) is 13.5. The van der Waals surface area contributed by atoms with Crippen molar-refractivity contribution < 1.29 is 18.0 Å². The van der Waals surface area contributed by atoms with Gasteiger partial charge in [0.25, 0.3) is 0 Å². The fourth-order valence-corrected chi connectivity index (χ4v) is 3.82. The lowest BCUT2D eigenvalue weighted by Gasteiger charge is -2.32. The Morgan fingerprint density at radius 2 is 1.93 bits per heavy atom. The van der Waals surface area contributed by atoms with Crippen LogP contribution in [0.1, 0.15) is 45.4 Å². The molecule has 2 fully saturated rings. The van der Waals surface area contributed by atoms with E-state index in [1.807, 2.05) is 11.8 Å². The standard InChI is InChI=1S/C19H34F3N5O.HI/c1-2-23-18(24-9-4-12-27-11-3-5-17(27)28)25-10-6-16-7-13-26(14-8-16)15-19(20,21)22;/h16H,2-15H2,1H3,(H2,23,24,25);1H. The summed E-state index contributed by atoms with van der Waals surface area (Å²) < 4.78 is 37.3. The van der Waals surface area contributed by atoms with Crippen LogP contribution < -0.4 is 10.6 Å². The van der Waals surface area contributed by atoms with Crippen LogP contribution in [0, 0.1) is 5.92 Å². The number of halogens is 4. The average molecular weight is 533 g/mol. The molecule has 2 N–H and O–H groups in total. The van der Waals surface area contributed by atoms with Crippen LogP contribution in [0.5, 0.6) is 0 Å². The lowest BCUT2D eigenvalue weighted by molar-refractivity contribution is -0.148. The van der Waals surface area contributed by atoms with Crippen LogP contribution in [-0.4, -0.2) is 80.2 Å². The molecule has 0 aromatic carbocycles. The summed E-state index contributed by atoms with van der Waals surface area (Å²) in [5.74, 6) is 1.47.